The lowest BCUT2D eigenvalue weighted by Gasteiger charge is -2.51. The summed E-state index contributed by atoms with van der Waals surface area (Å²) >= 11 is 0. The zero-order chi connectivity index (χ0) is 14.4. The zero-order valence-electron chi connectivity index (χ0n) is 11.7. The van der Waals surface area contributed by atoms with E-state index in [1.165, 1.54) is 0 Å². The normalized spacial score (nSPS) is 19.6. The number of ether oxygens (including phenoxy) is 1. The molecule has 1 aromatic heterocycles. The molecule has 1 amide bonds. The summed E-state index contributed by atoms with van der Waals surface area (Å²) in [6, 6.07) is 9.36. The molecule has 6 heteroatoms. The van der Waals surface area contributed by atoms with Gasteiger partial charge in [-0.1, -0.05) is 12.1 Å². The second-order valence-corrected chi connectivity index (χ2v) is 5.64. The second kappa shape index (κ2) is 4.33. The lowest BCUT2D eigenvalue weighted by Crippen LogP contribution is -2.74. The van der Waals surface area contributed by atoms with Gasteiger partial charge >= 0.3 is 0 Å². The first kappa shape index (κ1) is 12.4. The molecule has 0 unspecified atom stereocenters. The van der Waals surface area contributed by atoms with Crippen LogP contribution in [0.5, 0.6) is 5.75 Å². The number of hydrogen-bond acceptors (Lipinski definition) is 4. The standard InChI is InChI=1S/C15H16N4O2/c1-18-11(6-7-16-18)8-19-9-15(10-19)17-14(20)12-4-2-3-5-13(12)21-15/h2-7H,8-10H2,1H3,(H,17,20). The molecule has 1 saturated heterocycles. The third-order valence-corrected chi connectivity index (χ3v) is 4.04. The summed E-state index contributed by atoms with van der Waals surface area (Å²) in [5, 5.41) is 7.15. The molecular formula is C15H16N4O2. The maximum atomic E-state index is 12.1. The van der Waals surface area contributed by atoms with Gasteiger partial charge in [0, 0.05) is 19.8 Å². The fraction of sp³-hybridized carbons (Fsp3) is 0.333. The Kier molecular flexibility index (Phi) is 2.56. The third-order valence-electron chi connectivity index (χ3n) is 4.04. The fourth-order valence-electron chi connectivity index (χ4n) is 2.97. The maximum absolute atomic E-state index is 12.1. The van der Waals surface area contributed by atoms with E-state index in [0.717, 1.165) is 12.2 Å². The third kappa shape index (κ3) is 1.99. The molecule has 0 radical (unpaired) electrons. The topological polar surface area (TPSA) is 59.4 Å². The van der Waals surface area contributed by atoms with Crippen molar-refractivity contribution in [2.45, 2.75) is 12.3 Å². The quantitative estimate of drug-likeness (QED) is 0.884. The van der Waals surface area contributed by atoms with Crippen LogP contribution >= 0.6 is 0 Å². The number of carbonyl (C=O) groups excluding carboxylic acids is 1. The molecule has 0 atom stereocenters. The Labute approximate surface area is 122 Å². The van der Waals surface area contributed by atoms with Crippen LogP contribution in [0, 0.1) is 0 Å². The lowest BCUT2D eigenvalue weighted by molar-refractivity contribution is -0.103. The molecule has 1 spiro atoms. The van der Waals surface area contributed by atoms with Crippen LogP contribution in [0.3, 0.4) is 0 Å². The van der Waals surface area contributed by atoms with Crippen molar-refractivity contribution in [2.24, 2.45) is 7.05 Å². The molecule has 4 rings (SSSR count). The van der Waals surface area contributed by atoms with E-state index in [9.17, 15) is 4.79 Å². The van der Waals surface area contributed by atoms with Gasteiger partial charge < -0.3 is 10.1 Å². The Hall–Kier alpha value is -2.34. The number of fused-ring (bicyclic) bond motifs is 1. The minimum Gasteiger partial charge on any atom is -0.464 e. The van der Waals surface area contributed by atoms with Gasteiger partial charge in [-0.25, -0.2) is 0 Å². The van der Waals surface area contributed by atoms with E-state index in [0.29, 0.717) is 24.4 Å². The molecule has 2 aliphatic heterocycles. The Morgan fingerprint density at radius 2 is 2.14 bits per heavy atom. The summed E-state index contributed by atoms with van der Waals surface area (Å²) in [5.74, 6) is 0.610. The summed E-state index contributed by atoms with van der Waals surface area (Å²) in [6.07, 6.45) is 1.79. The van der Waals surface area contributed by atoms with E-state index in [1.54, 1.807) is 12.3 Å². The van der Waals surface area contributed by atoms with E-state index >= 15 is 0 Å². The predicted octanol–water partition coefficient (Wildman–Crippen LogP) is 0.754. The maximum Gasteiger partial charge on any atom is 0.258 e. The van der Waals surface area contributed by atoms with E-state index in [2.05, 4.69) is 15.3 Å². The van der Waals surface area contributed by atoms with Crippen molar-refractivity contribution in [2.75, 3.05) is 13.1 Å². The number of rotatable bonds is 2. The van der Waals surface area contributed by atoms with Crippen molar-refractivity contribution in [1.29, 1.82) is 0 Å². The molecule has 1 N–H and O–H groups in total. The first-order chi connectivity index (χ1) is 10.2. The molecule has 21 heavy (non-hydrogen) atoms. The van der Waals surface area contributed by atoms with Gasteiger partial charge in [0.05, 0.1) is 24.3 Å². The van der Waals surface area contributed by atoms with Gasteiger partial charge in [-0.3, -0.25) is 14.4 Å². The van der Waals surface area contributed by atoms with E-state index in [4.69, 9.17) is 4.74 Å². The number of carbonyl (C=O) groups is 1. The SMILES string of the molecule is Cn1nccc1CN1CC2(C1)NC(=O)c1ccccc1O2. The number of benzene rings is 1. The average Bonchev–Trinajstić information content (AvgIpc) is 2.83. The van der Waals surface area contributed by atoms with Gasteiger partial charge in [0.15, 0.2) is 0 Å². The molecule has 2 aliphatic rings. The highest BCUT2D eigenvalue weighted by atomic mass is 16.5. The molecule has 0 aliphatic carbocycles. The van der Waals surface area contributed by atoms with Gasteiger partial charge in [-0.15, -0.1) is 0 Å². The zero-order valence-corrected chi connectivity index (χ0v) is 11.7. The van der Waals surface area contributed by atoms with Crippen LogP contribution in [0.1, 0.15) is 16.1 Å². The van der Waals surface area contributed by atoms with Crippen LogP contribution in [-0.4, -0.2) is 39.4 Å². The summed E-state index contributed by atoms with van der Waals surface area (Å²) in [6.45, 7) is 2.16. The molecule has 108 valence electrons. The number of hydrogen-bond donors (Lipinski definition) is 1. The molecule has 1 fully saturated rings. The molecule has 6 nitrogen and oxygen atoms in total. The largest absolute Gasteiger partial charge is 0.464 e. The molecule has 1 aromatic carbocycles. The highest BCUT2D eigenvalue weighted by Gasteiger charge is 2.49. The number of amides is 1. The average molecular weight is 284 g/mol. The van der Waals surface area contributed by atoms with Crippen molar-refractivity contribution < 1.29 is 9.53 Å². The molecule has 2 aromatic rings. The van der Waals surface area contributed by atoms with Gasteiger partial charge in [0.1, 0.15) is 5.75 Å². The van der Waals surface area contributed by atoms with Crippen LogP contribution in [-0.2, 0) is 13.6 Å². The van der Waals surface area contributed by atoms with Gasteiger partial charge in [0.25, 0.3) is 5.91 Å². The predicted molar refractivity (Wildman–Crippen MR) is 75.8 cm³/mol. The van der Waals surface area contributed by atoms with Crippen molar-refractivity contribution >= 4 is 5.91 Å². The highest BCUT2D eigenvalue weighted by Crippen LogP contribution is 2.33. The summed E-state index contributed by atoms with van der Waals surface area (Å²) < 4.78 is 7.87. The number of nitrogens with one attached hydrogen (secondary N) is 1. The number of para-hydroxylation sites is 1. The number of likely N-dealkylation sites (tertiary alicyclic amines) is 1. The Morgan fingerprint density at radius 3 is 2.90 bits per heavy atom. The summed E-state index contributed by atoms with van der Waals surface area (Å²) in [7, 11) is 1.93. The molecule has 3 heterocycles. The van der Waals surface area contributed by atoms with E-state index < -0.39 is 5.72 Å². The molecular weight excluding hydrogens is 268 g/mol. The molecule has 0 saturated carbocycles. The van der Waals surface area contributed by atoms with Crippen LogP contribution in [0.4, 0.5) is 0 Å². The first-order valence-electron chi connectivity index (χ1n) is 6.95. The van der Waals surface area contributed by atoms with Crippen molar-refractivity contribution in [3.8, 4) is 5.75 Å². The summed E-state index contributed by atoms with van der Waals surface area (Å²) in [4.78, 5) is 14.4. The van der Waals surface area contributed by atoms with Gasteiger partial charge in [-0.05, 0) is 18.2 Å². The Balaban J connectivity index is 1.48. The molecule has 0 bridgehead atoms. The van der Waals surface area contributed by atoms with Gasteiger partial charge in [-0.2, -0.15) is 5.10 Å². The minimum atomic E-state index is -0.579. The number of aryl methyl sites for hydroxylation is 1. The van der Waals surface area contributed by atoms with Crippen LogP contribution in [0.15, 0.2) is 36.5 Å². The summed E-state index contributed by atoms with van der Waals surface area (Å²) in [5.41, 5.74) is 1.17. The second-order valence-electron chi connectivity index (χ2n) is 5.64. The van der Waals surface area contributed by atoms with Crippen molar-refractivity contribution in [3.05, 3.63) is 47.8 Å². The number of aromatic nitrogens is 2. The van der Waals surface area contributed by atoms with E-state index in [-0.39, 0.29) is 5.91 Å². The Bertz CT molecular complexity index is 703. The lowest BCUT2D eigenvalue weighted by atomic mass is 9.99. The van der Waals surface area contributed by atoms with Gasteiger partial charge in [0.2, 0.25) is 5.72 Å². The van der Waals surface area contributed by atoms with Crippen molar-refractivity contribution in [3.63, 3.8) is 0 Å². The Morgan fingerprint density at radius 1 is 1.33 bits per heavy atom. The minimum absolute atomic E-state index is 0.0583. The fourth-order valence-corrected chi connectivity index (χ4v) is 2.97. The monoisotopic (exact) mass is 284 g/mol. The van der Waals surface area contributed by atoms with E-state index in [1.807, 2.05) is 36.0 Å². The number of nitrogens with zero attached hydrogens (tertiary/aromatic N) is 3. The van der Waals surface area contributed by atoms with Crippen LogP contribution < -0.4 is 10.1 Å². The first-order valence-corrected chi connectivity index (χ1v) is 6.95. The van der Waals surface area contributed by atoms with Crippen LogP contribution in [0.25, 0.3) is 0 Å². The van der Waals surface area contributed by atoms with Crippen LogP contribution in [0.2, 0.25) is 0 Å². The smallest absolute Gasteiger partial charge is 0.258 e. The van der Waals surface area contributed by atoms with Crippen molar-refractivity contribution in [1.82, 2.24) is 20.0 Å². The highest BCUT2D eigenvalue weighted by molar-refractivity contribution is 5.98.